The molecule has 0 bridgehead atoms. The zero-order valence-corrected chi connectivity index (χ0v) is 12.6. The number of aromatic nitrogens is 2. The monoisotopic (exact) mass is 293 g/mol. The summed E-state index contributed by atoms with van der Waals surface area (Å²) >= 11 is 0. The van der Waals surface area contributed by atoms with Gasteiger partial charge in [-0.25, -0.2) is 9.36 Å². The predicted molar refractivity (Wildman–Crippen MR) is 90.2 cm³/mol. The van der Waals surface area contributed by atoms with Gasteiger partial charge in [0.25, 0.3) is 5.56 Å². The van der Waals surface area contributed by atoms with Crippen LogP contribution in [0.15, 0.2) is 65.5 Å². The van der Waals surface area contributed by atoms with Gasteiger partial charge in [-0.3, -0.25) is 4.79 Å². The number of nitrogens with zero attached hydrogens (tertiary/aromatic N) is 2. The zero-order chi connectivity index (χ0) is 15.5. The lowest BCUT2D eigenvalue weighted by molar-refractivity contribution is 0.532. The molecule has 0 fully saturated rings. The van der Waals surface area contributed by atoms with Gasteiger partial charge in [0.2, 0.25) is 0 Å². The van der Waals surface area contributed by atoms with Gasteiger partial charge in [-0.1, -0.05) is 55.5 Å². The summed E-state index contributed by atoms with van der Waals surface area (Å²) in [5.41, 5.74) is 8.94. The average Bonchev–Trinajstić information content (AvgIpc) is 2.82. The molecule has 0 aliphatic rings. The van der Waals surface area contributed by atoms with Crippen molar-refractivity contribution in [3.8, 4) is 16.9 Å². The summed E-state index contributed by atoms with van der Waals surface area (Å²) in [6.07, 6.45) is 0.865. The van der Waals surface area contributed by atoms with E-state index in [4.69, 9.17) is 5.73 Å². The molecule has 22 heavy (non-hydrogen) atoms. The van der Waals surface area contributed by atoms with E-state index in [0.717, 1.165) is 23.4 Å². The average molecular weight is 293 g/mol. The number of hydrogen-bond acceptors (Lipinski definition) is 2. The predicted octanol–water partition coefficient (Wildman–Crippen LogP) is 3.30. The highest BCUT2D eigenvalue weighted by Gasteiger charge is 2.19. The van der Waals surface area contributed by atoms with Crippen molar-refractivity contribution in [3.05, 3.63) is 71.0 Å². The van der Waals surface area contributed by atoms with Gasteiger partial charge in [0.05, 0.1) is 11.4 Å². The molecule has 0 saturated carbocycles. The van der Waals surface area contributed by atoms with Gasteiger partial charge in [-0.2, -0.15) is 0 Å². The molecule has 0 unspecified atom stereocenters. The first-order chi connectivity index (χ1) is 10.7. The molecule has 0 aliphatic carbocycles. The van der Waals surface area contributed by atoms with Gasteiger partial charge in [-0.15, -0.1) is 0 Å². The van der Waals surface area contributed by atoms with Crippen molar-refractivity contribution in [1.82, 2.24) is 9.36 Å². The van der Waals surface area contributed by atoms with Gasteiger partial charge < -0.3 is 5.73 Å². The standard InChI is InChI=1S/C18H19N3O/c1-2-13-20-18(22)16(19)17(14-9-5-3-6-10-14)21(20)15-11-7-4-8-12-15/h3-12H,2,13,19H2,1H3. The van der Waals surface area contributed by atoms with Crippen LogP contribution in [-0.4, -0.2) is 9.36 Å². The maximum atomic E-state index is 12.6. The topological polar surface area (TPSA) is 52.9 Å². The molecule has 3 aromatic rings. The van der Waals surface area contributed by atoms with E-state index in [0.29, 0.717) is 12.2 Å². The van der Waals surface area contributed by atoms with Crippen molar-refractivity contribution in [3.63, 3.8) is 0 Å². The molecule has 4 nitrogen and oxygen atoms in total. The van der Waals surface area contributed by atoms with Crippen LogP contribution in [0.5, 0.6) is 0 Å². The minimum absolute atomic E-state index is 0.135. The van der Waals surface area contributed by atoms with E-state index in [2.05, 4.69) is 0 Å². The molecule has 0 aliphatic heterocycles. The number of nitrogen functional groups attached to an aromatic ring is 1. The van der Waals surface area contributed by atoms with Crippen LogP contribution in [0.4, 0.5) is 5.69 Å². The van der Waals surface area contributed by atoms with E-state index < -0.39 is 0 Å². The molecule has 2 aromatic carbocycles. The maximum Gasteiger partial charge on any atom is 0.290 e. The maximum absolute atomic E-state index is 12.6. The van der Waals surface area contributed by atoms with E-state index in [1.54, 1.807) is 4.68 Å². The molecule has 0 saturated heterocycles. The van der Waals surface area contributed by atoms with Crippen LogP contribution in [0.1, 0.15) is 13.3 Å². The Labute approximate surface area is 129 Å². The molecular formula is C18H19N3O. The summed E-state index contributed by atoms with van der Waals surface area (Å²) in [5.74, 6) is 0. The third-order valence-corrected chi connectivity index (χ3v) is 3.66. The lowest BCUT2D eigenvalue weighted by Crippen LogP contribution is -2.23. The fourth-order valence-corrected chi connectivity index (χ4v) is 2.69. The van der Waals surface area contributed by atoms with Crippen LogP contribution in [0, 0.1) is 0 Å². The van der Waals surface area contributed by atoms with Crippen LogP contribution in [0.25, 0.3) is 16.9 Å². The van der Waals surface area contributed by atoms with Crippen molar-refractivity contribution in [1.29, 1.82) is 0 Å². The van der Waals surface area contributed by atoms with E-state index in [1.165, 1.54) is 0 Å². The summed E-state index contributed by atoms with van der Waals surface area (Å²) < 4.78 is 3.64. The second-order valence-electron chi connectivity index (χ2n) is 5.20. The van der Waals surface area contributed by atoms with Crippen molar-refractivity contribution < 1.29 is 0 Å². The summed E-state index contributed by atoms with van der Waals surface area (Å²) in [5, 5.41) is 0. The molecular weight excluding hydrogens is 274 g/mol. The molecule has 4 heteroatoms. The van der Waals surface area contributed by atoms with E-state index in [1.807, 2.05) is 72.3 Å². The second-order valence-corrected chi connectivity index (χ2v) is 5.20. The van der Waals surface area contributed by atoms with Crippen LogP contribution in [-0.2, 0) is 6.54 Å². The third kappa shape index (κ3) is 2.33. The van der Waals surface area contributed by atoms with Crippen molar-refractivity contribution >= 4 is 5.69 Å². The minimum atomic E-state index is -0.135. The Morgan fingerprint density at radius 2 is 1.55 bits per heavy atom. The summed E-state index contributed by atoms with van der Waals surface area (Å²) in [7, 11) is 0. The largest absolute Gasteiger partial charge is 0.392 e. The highest BCUT2D eigenvalue weighted by molar-refractivity contribution is 5.74. The first-order valence-corrected chi connectivity index (χ1v) is 7.46. The summed E-state index contributed by atoms with van der Waals surface area (Å²) in [6.45, 7) is 2.68. The van der Waals surface area contributed by atoms with Crippen LogP contribution < -0.4 is 11.3 Å². The molecule has 0 radical (unpaired) electrons. The van der Waals surface area contributed by atoms with Crippen LogP contribution in [0.2, 0.25) is 0 Å². The Bertz CT molecular complexity index is 817. The highest BCUT2D eigenvalue weighted by Crippen LogP contribution is 2.27. The molecule has 2 N–H and O–H groups in total. The number of hydrogen-bond donors (Lipinski definition) is 1. The van der Waals surface area contributed by atoms with E-state index in [-0.39, 0.29) is 5.56 Å². The normalized spacial score (nSPS) is 10.8. The lowest BCUT2D eigenvalue weighted by atomic mass is 10.1. The molecule has 112 valence electrons. The van der Waals surface area contributed by atoms with Gasteiger partial charge in [0, 0.05) is 12.1 Å². The SMILES string of the molecule is CCCn1c(=O)c(N)c(-c2ccccc2)n1-c1ccccc1. The smallest absolute Gasteiger partial charge is 0.290 e. The van der Waals surface area contributed by atoms with Crippen molar-refractivity contribution in [2.75, 3.05) is 5.73 Å². The Hall–Kier alpha value is -2.75. The number of nitrogens with two attached hydrogens (primary N) is 1. The summed E-state index contributed by atoms with van der Waals surface area (Å²) in [4.78, 5) is 12.6. The van der Waals surface area contributed by atoms with Crippen molar-refractivity contribution in [2.24, 2.45) is 0 Å². The fourth-order valence-electron chi connectivity index (χ4n) is 2.69. The Morgan fingerprint density at radius 3 is 2.14 bits per heavy atom. The van der Waals surface area contributed by atoms with Crippen LogP contribution >= 0.6 is 0 Å². The highest BCUT2D eigenvalue weighted by atomic mass is 16.1. The van der Waals surface area contributed by atoms with Gasteiger partial charge in [0.15, 0.2) is 0 Å². The second kappa shape index (κ2) is 5.93. The number of para-hydroxylation sites is 1. The molecule has 1 heterocycles. The molecule has 1 aromatic heterocycles. The molecule has 3 rings (SSSR count). The first kappa shape index (κ1) is 14.2. The van der Waals surface area contributed by atoms with E-state index in [9.17, 15) is 4.79 Å². The Morgan fingerprint density at radius 1 is 0.955 bits per heavy atom. The van der Waals surface area contributed by atoms with Crippen LogP contribution in [0.3, 0.4) is 0 Å². The summed E-state index contributed by atoms with van der Waals surface area (Å²) in [6, 6.07) is 19.6. The van der Waals surface area contributed by atoms with Gasteiger partial charge in [0.1, 0.15) is 5.69 Å². The van der Waals surface area contributed by atoms with Gasteiger partial charge >= 0.3 is 0 Å². The number of anilines is 1. The third-order valence-electron chi connectivity index (χ3n) is 3.66. The zero-order valence-electron chi connectivity index (χ0n) is 12.6. The van der Waals surface area contributed by atoms with Gasteiger partial charge in [-0.05, 0) is 18.6 Å². The molecule has 0 amide bonds. The quantitative estimate of drug-likeness (QED) is 0.802. The Balaban J connectivity index is 2.34. The minimum Gasteiger partial charge on any atom is -0.392 e. The first-order valence-electron chi connectivity index (χ1n) is 7.46. The lowest BCUT2D eigenvalue weighted by Gasteiger charge is -2.14. The number of benzene rings is 2. The van der Waals surface area contributed by atoms with Crippen molar-refractivity contribution in [2.45, 2.75) is 19.9 Å². The number of rotatable bonds is 4. The van der Waals surface area contributed by atoms with E-state index >= 15 is 0 Å². The molecule has 0 atom stereocenters. The molecule has 0 spiro atoms. The fraction of sp³-hybridized carbons (Fsp3) is 0.167. The Kier molecular flexibility index (Phi) is 3.83.